The number of carbonyl (C=O) groups excluding carboxylic acids is 2. The third-order valence-electron chi connectivity index (χ3n) is 5.45. The van der Waals surface area contributed by atoms with Crippen LogP contribution < -0.4 is 16.4 Å². The van der Waals surface area contributed by atoms with Crippen molar-refractivity contribution in [3.05, 3.63) is 59.4 Å². The summed E-state index contributed by atoms with van der Waals surface area (Å²) in [6, 6.07) is 8.77. The molecule has 2 aromatic rings. The summed E-state index contributed by atoms with van der Waals surface area (Å²) in [5.74, 6) is 0.696. The molecule has 1 aliphatic carbocycles. The number of nitrogens with zero attached hydrogens (tertiary/aromatic N) is 1. The van der Waals surface area contributed by atoms with Crippen molar-refractivity contribution in [3.8, 4) is 0 Å². The van der Waals surface area contributed by atoms with Crippen LogP contribution in [-0.2, 0) is 0 Å². The van der Waals surface area contributed by atoms with E-state index in [0.717, 1.165) is 24.9 Å². The third kappa shape index (κ3) is 5.16. The van der Waals surface area contributed by atoms with E-state index in [0.29, 0.717) is 35.2 Å². The van der Waals surface area contributed by atoms with Crippen LogP contribution in [0.2, 0.25) is 0 Å². The van der Waals surface area contributed by atoms with E-state index in [1.54, 1.807) is 30.5 Å². The molecule has 0 spiro atoms. The highest BCUT2D eigenvalue weighted by molar-refractivity contribution is 6.05. The normalized spacial score (nSPS) is 19.1. The second-order valence-electron chi connectivity index (χ2n) is 7.57. The molecule has 28 heavy (non-hydrogen) atoms. The standard InChI is InChI=1S/C22H28N4O2/c1-15-7-8-18(11-20(15)26-22(28)19-6-3-9-24-14-19)21(27)25-13-17-5-2-4-16(10-17)12-23/h3,6-9,11,14,16-17H,2,4-5,10,12-13,23H2,1H3,(H,25,27)(H,26,28). The van der Waals surface area contributed by atoms with Crippen molar-refractivity contribution in [2.24, 2.45) is 17.6 Å². The SMILES string of the molecule is Cc1ccc(C(=O)NCC2CCCC(CN)C2)cc1NC(=O)c1cccnc1. The zero-order valence-electron chi connectivity index (χ0n) is 16.3. The van der Waals surface area contributed by atoms with Gasteiger partial charge >= 0.3 is 0 Å². The van der Waals surface area contributed by atoms with E-state index in [9.17, 15) is 9.59 Å². The van der Waals surface area contributed by atoms with Gasteiger partial charge in [-0.25, -0.2) is 0 Å². The summed E-state index contributed by atoms with van der Waals surface area (Å²) < 4.78 is 0. The number of amides is 2. The summed E-state index contributed by atoms with van der Waals surface area (Å²) >= 11 is 0. The van der Waals surface area contributed by atoms with Crippen molar-refractivity contribution >= 4 is 17.5 Å². The number of nitrogens with two attached hydrogens (primary N) is 1. The fraction of sp³-hybridized carbons (Fsp3) is 0.409. The lowest BCUT2D eigenvalue weighted by Gasteiger charge is -2.28. The Balaban J connectivity index is 1.62. The summed E-state index contributed by atoms with van der Waals surface area (Å²) in [6.07, 6.45) is 7.72. The number of carbonyl (C=O) groups is 2. The molecule has 2 atom stereocenters. The Kier molecular flexibility index (Phi) is 6.76. The molecule has 3 rings (SSSR count). The molecule has 6 nitrogen and oxygen atoms in total. The van der Waals surface area contributed by atoms with Gasteiger partial charge in [-0.2, -0.15) is 0 Å². The van der Waals surface area contributed by atoms with Crippen molar-refractivity contribution in [1.29, 1.82) is 0 Å². The smallest absolute Gasteiger partial charge is 0.257 e. The van der Waals surface area contributed by atoms with Gasteiger partial charge in [0.15, 0.2) is 0 Å². The summed E-state index contributed by atoms with van der Waals surface area (Å²) in [4.78, 5) is 28.9. The molecule has 0 saturated heterocycles. The Morgan fingerprint density at radius 3 is 2.71 bits per heavy atom. The first-order valence-corrected chi connectivity index (χ1v) is 9.87. The lowest BCUT2D eigenvalue weighted by atomic mass is 9.81. The minimum Gasteiger partial charge on any atom is -0.352 e. The van der Waals surface area contributed by atoms with Crippen LogP contribution in [0.15, 0.2) is 42.7 Å². The van der Waals surface area contributed by atoms with E-state index >= 15 is 0 Å². The molecule has 2 unspecified atom stereocenters. The first kappa shape index (κ1) is 20.0. The van der Waals surface area contributed by atoms with Crippen LogP contribution in [0.5, 0.6) is 0 Å². The van der Waals surface area contributed by atoms with Crippen molar-refractivity contribution in [2.75, 3.05) is 18.4 Å². The summed E-state index contributed by atoms with van der Waals surface area (Å²) in [7, 11) is 0. The largest absolute Gasteiger partial charge is 0.352 e. The number of hydrogen-bond acceptors (Lipinski definition) is 4. The molecule has 0 radical (unpaired) electrons. The molecule has 1 fully saturated rings. The molecule has 1 aromatic heterocycles. The van der Waals surface area contributed by atoms with Crippen molar-refractivity contribution in [2.45, 2.75) is 32.6 Å². The Labute approximate surface area is 165 Å². The zero-order valence-corrected chi connectivity index (χ0v) is 16.3. The molecule has 1 aliphatic rings. The quantitative estimate of drug-likeness (QED) is 0.717. The number of rotatable bonds is 6. The van der Waals surface area contributed by atoms with E-state index in [-0.39, 0.29) is 11.8 Å². The Morgan fingerprint density at radius 1 is 1.14 bits per heavy atom. The monoisotopic (exact) mass is 380 g/mol. The van der Waals surface area contributed by atoms with Gasteiger partial charge in [0.1, 0.15) is 0 Å². The summed E-state index contributed by atoms with van der Waals surface area (Å²) in [5.41, 5.74) is 8.34. The lowest BCUT2D eigenvalue weighted by Crippen LogP contribution is -2.33. The molecule has 6 heteroatoms. The summed E-state index contributed by atoms with van der Waals surface area (Å²) in [5, 5.41) is 5.91. The number of anilines is 1. The molecule has 0 bridgehead atoms. The molecule has 1 heterocycles. The van der Waals surface area contributed by atoms with Crippen LogP contribution in [0.4, 0.5) is 5.69 Å². The maximum Gasteiger partial charge on any atom is 0.257 e. The van der Waals surface area contributed by atoms with Crippen LogP contribution in [0.3, 0.4) is 0 Å². The minimum atomic E-state index is -0.246. The number of pyridine rings is 1. The molecule has 4 N–H and O–H groups in total. The topological polar surface area (TPSA) is 97.1 Å². The highest BCUT2D eigenvalue weighted by Gasteiger charge is 2.21. The average molecular weight is 380 g/mol. The van der Waals surface area contributed by atoms with Gasteiger partial charge in [-0.15, -0.1) is 0 Å². The summed E-state index contributed by atoms with van der Waals surface area (Å²) in [6.45, 7) is 3.29. The van der Waals surface area contributed by atoms with E-state index in [1.807, 2.05) is 13.0 Å². The fourth-order valence-corrected chi connectivity index (χ4v) is 3.73. The van der Waals surface area contributed by atoms with Gasteiger partial charge in [-0.05, 0) is 74.4 Å². The third-order valence-corrected chi connectivity index (χ3v) is 5.45. The number of benzene rings is 1. The molecule has 1 aromatic carbocycles. The van der Waals surface area contributed by atoms with Crippen LogP contribution >= 0.6 is 0 Å². The van der Waals surface area contributed by atoms with E-state index in [2.05, 4.69) is 15.6 Å². The Hall–Kier alpha value is -2.73. The molecule has 0 aliphatic heterocycles. The maximum absolute atomic E-state index is 12.6. The van der Waals surface area contributed by atoms with Crippen LogP contribution in [0.25, 0.3) is 0 Å². The predicted octanol–water partition coefficient (Wildman–Crippen LogP) is 3.14. The van der Waals surface area contributed by atoms with Gasteiger partial charge in [0, 0.05) is 30.2 Å². The van der Waals surface area contributed by atoms with Crippen LogP contribution in [0, 0.1) is 18.8 Å². The Bertz CT molecular complexity index is 823. The molecule has 2 amide bonds. The van der Waals surface area contributed by atoms with Crippen molar-refractivity contribution in [3.63, 3.8) is 0 Å². The van der Waals surface area contributed by atoms with Gasteiger partial charge in [0.05, 0.1) is 5.56 Å². The van der Waals surface area contributed by atoms with E-state index < -0.39 is 0 Å². The number of nitrogens with one attached hydrogen (secondary N) is 2. The van der Waals surface area contributed by atoms with Gasteiger partial charge < -0.3 is 16.4 Å². The molecular weight excluding hydrogens is 352 g/mol. The van der Waals surface area contributed by atoms with Crippen LogP contribution in [0.1, 0.15) is 52.0 Å². The van der Waals surface area contributed by atoms with Gasteiger partial charge in [0.25, 0.3) is 11.8 Å². The Morgan fingerprint density at radius 2 is 1.96 bits per heavy atom. The highest BCUT2D eigenvalue weighted by Crippen LogP contribution is 2.28. The van der Waals surface area contributed by atoms with Gasteiger partial charge in [-0.1, -0.05) is 12.5 Å². The second kappa shape index (κ2) is 9.46. The number of aromatic nitrogens is 1. The van der Waals surface area contributed by atoms with Gasteiger partial charge in [0.2, 0.25) is 0 Å². The van der Waals surface area contributed by atoms with Crippen molar-refractivity contribution in [1.82, 2.24) is 10.3 Å². The lowest BCUT2D eigenvalue weighted by molar-refractivity contribution is 0.0939. The first-order chi connectivity index (χ1) is 13.6. The predicted molar refractivity (Wildman–Crippen MR) is 110 cm³/mol. The maximum atomic E-state index is 12.6. The van der Waals surface area contributed by atoms with Gasteiger partial charge in [-0.3, -0.25) is 14.6 Å². The fourth-order valence-electron chi connectivity index (χ4n) is 3.73. The van der Waals surface area contributed by atoms with Crippen molar-refractivity contribution < 1.29 is 9.59 Å². The average Bonchev–Trinajstić information content (AvgIpc) is 2.74. The van der Waals surface area contributed by atoms with E-state index in [1.165, 1.54) is 19.0 Å². The molecule has 1 saturated carbocycles. The number of aryl methyl sites for hydroxylation is 1. The highest BCUT2D eigenvalue weighted by atomic mass is 16.2. The zero-order chi connectivity index (χ0) is 19.9. The second-order valence-corrected chi connectivity index (χ2v) is 7.57. The number of hydrogen-bond donors (Lipinski definition) is 3. The van der Waals surface area contributed by atoms with E-state index in [4.69, 9.17) is 5.73 Å². The molecular formula is C22H28N4O2. The minimum absolute atomic E-state index is 0.119. The molecule has 148 valence electrons. The first-order valence-electron chi connectivity index (χ1n) is 9.87. The van der Waals surface area contributed by atoms with Crippen LogP contribution in [-0.4, -0.2) is 29.9 Å².